The Morgan fingerprint density at radius 1 is 1.37 bits per heavy atom. The summed E-state index contributed by atoms with van der Waals surface area (Å²) in [5.41, 5.74) is 1.46. The molecule has 1 saturated carbocycles. The second-order valence-electron chi connectivity index (χ2n) is 7.69. The van der Waals surface area contributed by atoms with Crippen LogP contribution in [-0.4, -0.2) is 25.8 Å². The molecule has 27 heavy (non-hydrogen) atoms. The average Bonchev–Trinajstić information content (AvgIpc) is 3.36. The lowest BCUT2D eigenvalue weighted by Crippen LogP contribution is -2.19. The van der Waals surface area contributed by atoms with Crippen LogP contribution < -0.4 is 5.32 Å². The van der Waals surface area contributed by atoms with E-state index in [4.69, 9.17) is 11.6 Å². The Labute approximate surface area is 164 Å². The third-order valence-corrected chi connectivity index (χ3v) is 5.28. The predicted octanol–water partition coefficient (Wildman–Crippen LogP) is 4.23. The van der Waals surface area contributed by atoms with Gasteiger partial charge in [0.05, 0.1) is 6.42 Å². The van der Waals surface area contributed by atoms with Crippen LogP contribution in [0.1, 0.15) is 68.9 Å². The van der Waals surface area contributed by atoms with Gasteiger partial charge in [0, 0.05) is 23.2 Å². The van der Waals surface area contributed by atoms with Crippen LogP contribution in [-0.2, 0) is 11.2 Å². The lowest BCUT2D eigenvalue weighted by molar-refractivity contribution is -0.118. The molecule has 1 aliphatic rings. The topological polar surface area (TPSA) is 80.0 Å². The highest BCUT2D eigenvalue weighted by atomic mass is 35.5. The van der Waals surface area contributed by atoms with E-state index in [1.165, 1.54) is 0 Å². The monoisotopic (exact) mass is 390 g/mol. The molecule has 3 rings (SSSR count). The third-order valence-electron chi connectivity index (χ3n) is 4.87. The number of aliphatic hydroxyl groups is 1. The van der Waals surface area contributed by atoms with E-state index < -0.39 is 6.10 Å². The summed E-state index contributed by atoms with van der Waals surface area (Å²) in [7, 11) is 0. The van der Waals surface area contributed by atoms with Crippen LogP contribution in [0.15, 0.2) is 18.2 Å². The number of aryl methyl sites for hydroxylation is 1. The molecular weight excluding hydrogens is 364 g/mol. The van der Waals surface area contributed by atoms with E-state index in [1.807, 2.05) is 11.5 Å². The first kappa shape index (κ1) is 19.8. The summed E-state index contributed by atoms with van der Waals surface area (Å²) in [5, 5.41) is 22.5. The minimum absolute atomic E-state index is 0.0685. The normalized spacial score (nSPS) is 15.2. The summed E-state index contributed by atoms with van der Waals surface area (Å²) < 4.78 is 2.05. The molecule has 1 aromatic carbocycles. The standard InChI is InChI=1S/C20H27ClN4O2/c1-12(2)7-10-18-23-24-20(25(18)14-8-9-14)17(26)11-19(27)22-16-6-4-5-15(21)13(16)3/h4-6,12,14,17,26H,7-11H2,1-3H3,(H,22,27). The van der Waals surface area contributed by atoms with Gasteiger partial charge in [-0.25, -0.2) is 0 Å². The van der Waals surface area contributed by atoms with Crippen molar-refractivity contribution in [1.82, 2.24) is 14.8 Å². The zero-order valence-electron chi connectivity index (χ0n) is 16.1. The van der Waals surface area contributed by atoms with Gasteiger partial charge in [0.1, 0.15) is 11.9 Å². The first-order chi connectivity index (χ1) is 12.9. The maximum Gasteiger partial charge on any atom is 0.227 e. The number of carbonyl (C=O) groups is 1. The first-order valence-corrected chi connectivity index (χ1v) is 9.91. The maximum absolute atomic E-state index is 12.4. The molecule has 146 valence electrons. The summed E-state index contributed by atoms with van der Waals surface area (Å²) in [4.78, 5) is 12.4. The molecule has 1 heterocycles. The van der Waals surface area contributed by atoms with Crippen LogP contribution >= 0.6 is 11.6 Å². The van der Waals surface area contributed by atoms with Gasteiger partial charge in [-0.1, -0.05) is 31.5 Å². The van der Waals surface area contributed by atoms with E-state index in [9.17, 15) is 9.90 Å². The van der Waals surface area contributed by atoms with Crippen LogP contribution in [0, 0.1) is 12.8 Å². The van der Waals surface area contributed by atoms with Crippen molar-refractivity contribution < 1.29 is 9.90 Å². The number of benzene rings is 1. The first-order valence-electron chi connectivity index (χ1n) is 9.53. The van der Waals surface area contributed by atoms with Gasteiger partial charge in [0.2, 0.25) is 5.91 Å². The summed E-state index contributed by atoms with van der Waals surface area (Å²) in [6, 6.07) is 5.71. The molecule has 2 N–H and O–H groups in total. The van der Waals surface area contributed by atoms with Crippen molar-refractivity contribution >= 4 is 23.2 Å². The van der Waals surface area contributed by atoms with Crippen molar-refractivity contribution in [2.24, 2.45) is 5.92 Å². The molecule has 1 aliphatic carbocycles. The number of hydrogen-bond donors (Lipinski definition) is 2. The third kappa shape index (κ3) is 4.87. The van der Waals surface area contributed by atoms with Gasteiger partial charge in [-0.2, -0.15) is 0 Å². The Bertz CT molecular complexity index is 814. The van der Waals surface area contributed by atoms with Crippen molar-refractivity contribution in [1.29, 1.82) is 0 Å². The molecule has 1 atom stereocenters. The molecule has 7 heteroatoms. The van der Waals surface area contributed by atoms with Gasteiger partial charge in [-0.15, -0.1) is 10.2 Å². The van der Waals surface area contributed by atoms with Crippen LogP contribution in [0.3, 0.4) is 0 Å². The van der Waals surface area contributed by atoms with Gasteiger partial charge in [0.15, 0.2) is 5.82 Å². The highest BCUT2D eigenvalue weighted by Crippen LogP contribution is 2.38. The van der Waals surface area contributed by atoms with E-state index in [0.29, 0.717) is 28.5 Å². The second kappa shape index (κ2) is 8.40. The molecule has 0 spiro atoms. The molecule has 0 bridgehead atoms. The lowest BCUT2D eigenvalue weighted by Gasteiger charge is -2.15. The molecule has 2 aromatic rings. The van der Waals surface area contributed by atoms with Crippen LogP contribution in [0.5, 0.6) is 0 Å². The van der Waals surface area contributed by atoms with Gasteiger partial charge in [-0.3, -0.25) is 4.79 Å². The average molecular weight is 391 g/mol. The smallest absolute Gasteiger partial charge is 0.227 e. The summed E-state index contributed by atoms with van der Waals surface area (Å²) in [6.07, 6.45) is 2.95. The predicted molar refractivity (Wildman–Crippen MR) is 106 cm³/mol. The Hall–Kier alpha value is -1.92. The minimum Gasteiger partial charge on any atom is -0.385 e. The Morgan fingerprint density at radius 2 is 2.11 bits per heavy atom. The van der Waals surface area contributed by atoms with Gasteiger partial charge in [-0.05, 0) is 49.8 Å². The summed E-state index contributed by atoms with van der Waals surface area (Å²) >= 11 is 6.09. The number of rotatable bonds is 8. The minimum atomic E-state index is -0.981. The van der Waals surface area contributed by atoms with E-state index >= 15 is 0 Å². The van der Waals surface area contributed by atoms with Crippen molar-refractivity contribution in [3.05, 3.63) is 40.4 Å². The lowest BCUT2D eigenvalue weighted by atomic mass is 10.1. The molecular formula is C20H27ClN4O2. The Morgan fingerprint density at radius 3 is 2.78 bits per heavy atom. The number of aliphatic hydroxyl groups excluding tert-OH is 1. The fraction of sp³-hybridized carbons (Fsp3) is 0.550. The largest absolute Gasteiger partial charge is 0.385 e. The molecule has 0 radical (unpaired) electrons. The molecule has 1 amide bonds. The highest BCUT2D eigenvalue weighted by Gasteiger charge is 2.32. The van der Waals surface area contributed by atoms with Gasteiger partial charge in [0.25, 0.3) is 0 Å². The number of anilines is 1. The number of nitrogens with zero attached hydrogens (tertiary/aromatic N) is 3. The van der Waals surface area contributed by atoms with Crippen molar-refractivity contribution in [2.45, 2.75) is 65.0 Å². The Kier molecular flexibility index (Phi) is 6.17. The SMILES string of the molecule is Cc1c(Cl)cccc1NC(=O)CC(O)c1nnc(CCC(C)C)n1C1CC1. The molecule has 0 saturated heterocycles. The fourth-order valence-electron chi connectivity index (χ4n) is 3.09. The van der Waals surface area contributed by atoms with E-state index in [0.717, 1.165) is 37.1 Å². The van der Waals surface area contributed by atoms with E-state index in [-0.39, 0.29) is 12.3 Å². The Balaban J connectivity index is 1.69. The number of halogens is 1. The number of amides is 1. The zero-order chi connectivity index (χ0) is 19.6. The zero-order valence-corrected chi connectivity index (χ0v) is 16.8. The van der Waals surface area contributed by atoms with E-state index in [1.54, 1.807) is 18.2 Å². The maximum atomic E-state index is 12.4. The summed E-state index contributed by atoms with van der Waals surface area (Å²) in [5.74, 6) is 1.71. The summed E-state index contributed by atoms with van der Waals surface area (Å²) in [6.45, 7) is 6.20. The highest BCUT2D eigenvalue weighted by molar-refractivity contribution is 6.31. The van der Waals surface area contributed by atoms with Crippen molar-refractivity contribution in [2.75, 3.05) is 5.32 Å². The number of hydrogen-bond acceptors (Lipinski definition) is 4. The molecule has 6 nitrogen and oxygen atoms in total. The molecule has 1 aromatic heterocycles. The van der Waals surface area contributed by atoms with Crippen molar-refractivity contribution in [3.8, 4) is 0 Å². The van der Waals surface area contributed by atoms with Crippen molar-refractivity contribution in [3.63, 3.8) is 0 Å². The second-order valence-corrected chi connectivity index (χ2v) is 8.10. The van der Waals surface area contributed by atoms with E-state index in [2.05, 4.69) is 29.4 Å². The van der Waals surface area contributed by atoms with Crippen LogP contribution in [0.25, 0.3) is 0 Å². The van der Waals surface area contributed by atoms with Gasteiger partial charge >= 0.3 is 0 Å². The number of carbonyl (C=O) groups excluding carboxylic acids is 1. The quantitative estimate of drug-likeness (QED) is 0.706. The number of aromatic nitrogens is 3. The molecule has 1 fully saturated rings. The number of nitrogens with one attached hydrogen (secondary N) is 1. The molecule has 1 unspecified atom stereocenters. The van der Waals surface area contributed by atoms with Crippen LogP contribution in [0.4, 0.5) is 5.69 Å². The van der Waals surface area contributed by atoms with Crippen LogP contribution in [0.2, 0.25) is 5.02 Å². The molecule has 0 aliphatic heterocycles. The van der Waals surface area contributed by atoms with Gasteiger partial charge < -0.3 is 15.0 Å². The fourth-order valence-corrected chi connectivity index (χ4v) is 3.27.